The van der Waals surface area contributed by atoms with Crippen LogP contribution in [0.5, 0.6) is 0 Å². The normalized spacial score (nSPS) is 13.0. The van der Waals surface area contributed by atoms with E-state index in [1.807, 2.05) is 0 Å². The summed E-state index contributed by atoms with van der Waals surface area (Å²) < 4.78 is 0. The van der Waals surface area contributed by atoms with Gasteiger partial charge in [-0.2, -0.15) is 0 Å². The van der Waals surface area contributed by atoms with Crippen LogP contribution < -0.4 is 10.9 Å². The van der Waals surface area contributed by atoms with E-state index >= 15 is 0 Å². The number of pyridine rings is 1. The number of nitrogens with zero attached hydrogens (tertiary/aromatic N) is 1. The topological polar surface area (TPSA) is 48.1 Å². The molecule has 0 amide bonds. The van der Waals surface area contributed by atoms with Crippen molar-refractivity contribution in [2.24, 2.45) is 0 Å². The van der Waals surface area contributed by atoms with Gasteiger partial charge in [-0.05, 0) is 44.5 Å². The first kappa shape index (κ1) is 19.8. The first-order chi connectivity index (χ1) is 10.2. The Hall–Kier alpha value is -1.23. The van der Waals surface area contributed by atoms with Gasteiger partial charge in [0.05, 0.1) is 11.2 Å². The molecule has 6 heteroatoms. The smallest absolute Gasteiger partial charge is 0.253 e. The minimum Gasteiger partial charge on any atom is -0.384 e. The van der Waals surface area contributed by atoms with Crippen LogP contribution in [0.4, 0.5) is 5.69 Å². The van der Waals surface area contributed by atoms with Gasteiger partial charge >= 0.3 is 0 Å². The molecule has 2 heterocycles. The van der Waals surface area contributed by atoms with Crippen LogP contribution in [0.25, 0.3) is 10.9 Å². The summed E-state index contributed by atoms with van der Waals surface area (Å²) in [7, 11) is 2.13. The lowest BCUT2D eigenvalue weighted by Crippen LogP contribution is -2.22. The second kappa shape index (κ2) is 8.57. The van der Waals surface area contributed by atoms with Crippen molar-refractivity contribution in [1.82, 2.24) is 9.88 Å². The molecule has 0 saturated heterocycles. The number of anilines is 1. The summed E-state index contributed by atoms with van der Waals surface area (Å²) in [6.45, 7) is 5.13. The summed E-state index contributed by atoms with van der Waals surface area (Å²) in [4.78, 5) is 17.6. The van der Waals surface area contributed by atoms with E-state index < -0.39 is 0 Å². The van der Waals surface area contributed by atoms with Gasteiger partial charge in [-0.1, -0.05) is 19.1 Å². The maximum absolute atomic E-state index is 12.2. The summed E-state index contributed by atoms with van der Waals surface area (Å²) in [6.07, 6.45) is 3.05. The molecule has 128 valence electrons. The second-order valence-corrected chi connectivity index (χ2v) is 5.96. The molecule has 0 bridgehead atoms. The minimum absolute atomic E-state index is 0. The summed E-state index contributed by atoms with van der Waals surface area (Å²) in [6, 6.07) is 6.42. The predicted octanol–water partition coefficient (Wildman–Crippen LogP) is 3.57. The SMILES string of the molecule is CCCN(C)Cc1ccc2c3c(c(=O)[nH]c2c1)CCCN3.Cl.Cl. The molecular formula is C17H25Cl2N3O. The Balaban J connectivity index is 0.00000132. The van der Waals surface area contributed by atoms with Gasteiger partial charge in [0.25, 0.3) is 5.56 Å². The van der Waals surface area contributed by atoms with Crippen LogP contribution in [-0.2, 0) is 13.0 Å². The zero-order valence-corrected chi connectivity index (χ0v) is 15.3. The highest BCUT2D eigenvalue weighted by Crippen LogP contribution is 2.28. The highest BCUT2D eigenvalue weighted by molar-refractivity contribution is 5.93. The molecule has 0 atom stereocenters. The molecule has 0 fully saturated rings. The van der Waals surface area contributed by atoms with Gasteiger partial charge in [0.1, 0.15) is 0 Å². The zero-order chi connectivity index (χ0) is 14.8. The fourth-order valence-electron chi connectivity index (χ4n) is 3.18. The van der Waals surface area contributed by atoms with Crippen LogP contribution in [0.3, 0.4) is 0 Å². The summed E-state index contributed by atoms with van der Waals surface area (Å²) >= 11 is 0. The van der Waals surface area contributed by atoms with Gasteiger partial charge in [0, 0.05) is 24.0 Å². The Morgan fingerprint density at radius 2 is 2.04 bits per heavy atom. The molecule has 0 unspecified atom stereocenters. The lowest BCUT2D eigenvalue weighted by Gasteiger charge is -2.20. The van der Waals surface area contributed by atoms with Crippen molar-refractivity contribution in [3.63, 3.8) is 0 Å². The van der Waals surface area contributed by atoms with E-state index in [2.05, 4.69) is 47.4 Å². The van der Waals surface area contributed by atoms with E-state index in [4.69, 9.17) is 0 Å². The second-order valence-electron chi connectivity index (χ2n) is 5.96. The fraction of sp³-hybridized carbons (Fsp3) is 0.471. The molecule has 0 aliphatic carbocycles. The van der Waals surface area contributed by atoms with Crippen molar-refractivity contribution < 1.29 is 0 Å². The number of benzene rings is 1. The number of hydrogen-bond acceptors (Lipinski definition) is 3. The number of H-pyrrole nitrogens is 1. The molecule has 1 aromatic heterocycles. The van der Waals surface area contributed by atoms with E-state index in [1.165, 1.54) is 5.56 Å². The van der Waals surface area contributed by atoms with Gasteiger partial charge in [-0.25, -0.2) is 0 Å². The molecule has 23 heavy (non-hydrogen) atoms. The van der Waals surface area contributed by atoms with Crippen molar-refractivity contribution in [1.29, 1.82) is 0 Å². The van der Waals surface area contributed by atoms with Crippen LogP contribution in [0.1, 0.15) is 30.9 Å². The van der Waals surface area contributed by atoms with Crippen LogP contribution in [0, 0.1) is 0 Å². The number of nitrogens with one attached hydrogen (secondary N) is 2. The van der Waals surface area contributed by atoms with E-state index in [-0.39, 0.29) is 30.4 Å². The largest absolute Gasteiger partial charge is 0.384 e. The van der Waals surface area contributed by atoms with E-state index in [0.29, 0.717) is 0 Å². The highest BCUT2D eigenvalue weighted by Gasteiger charge is 2.16. The van der Waals surface area contributed by atoms with Crippen LogP contribution >= 0.6 is 24.8 Å². The average molecular weight is 358 g/mol. The molecule has 0 radical (unpaired) electrons. The maximum Gasteiger partial charge on any atom is 0.253 e. The molecular weight excluding hydrogens is 333 g/mol. The maximum atomic E-state index is 12.2. The van der Waals surface area contributed by atoms with Crippen LogP contribution in [0.15, 0.2) is 23.0 Å². The first-order valence-electron chi connectivity index (χ1n) is 7.79. The minimum atomic E-state index is 0. The quantitative estimate of drug-likeness (QED) is 0.879. The highest BCUT2D eigenvalue weighted by atomic mass is 35.5. The van der Waals surface area contributed by atoms with Crippen LogP contribution in [0.2, 0.25) is 0 Å². The third-order valence-corrected chi connectivity index (χ3v) is 4.14. The molecule has 3 rings (SSSR count). The molecule has 0 saturated carbocycles. The molecule has 2 aromatic rings. The summed E-state index contributed by atoms with van der Waals surface area (Å²) in [5, 5.41) is 4.53. The third kappa shape index (κ3) is 4.19. The van der Waals surface area contributed by atoms with Crippen molar-refractivity contribution in [3.05, 3.63) is 39.7 Å². The Morgan fingerprint density at radius 1 is 1.26 bits per heavy atom. The third-order valence-electron chi connectivity index (χ3n) is 4.14. The zero-order valence-electron chi connectivity index (χ0n) is 13.6. The van der Waals surface area contributed by atoms with Crippen molar-refractivity contribution in [3.8, 4) is 0 Å². The van der Waals surface area contributed by atoms with Crippen molar-refractivity contribution in [2.45, 2.75) is 32.7 Å². The summed E-state index contributed by atoms with van der Waals surface area (Å²) in [5.41, 5.74) is 4.18. The lowest BCUT2D eigenvalue weighted by molar-refractivity contribution is 0.327. The average Bonchev–Trinajstić information content (AvgIpc) is 2.47. The number of aromatic nitrogens is 1. The van der Waals surface area contributed by atoms with Gasteiger partial charge in [-0.15, -0.1) is 24.8 Å². The first-order valence-corrected chi connectivity index (χ1v) is 7.79. The molecule has 0 spiro atoms. The molecule has 4 nitrogen and oxygen atoms in total. The number of fused-ring (bicyclic) bond motifs is 3. The standard InChI is InChI=1S/C17H23N3O.2ClH/c1-3-9-20(2)11-12-6-7-13-15(10-12)19-17(21)14-5-4-8-18-16(13)14;;/h6-7,10,18H,3-5,8-9,11H2,1-2H3,(H,19,21);2*1H. The molecule has 1 aromatic carbocycles. The van der Waals surface area contributed by atoms with E-state index in [0.717, 1.165) is 61.1 Å². The number of hydrogen-bond donors (Lipinski definition) is 2. The predicted molar refractivity (Wildman–Crippen MR) is 103 cm³/mol. The number of rotatable bonds is 4. The number of halogens is 2. The fourth-order valence-corrected chi connectivity index (χ4v) is 3.18. The summed E-state index contributed by atoms with van der Waals surface area (Å²) in [5.74, 6) is 0. The molecule has 1 aliphatic rings. The van der Waals surface area contributed by atoms with E-state index in [9.17, 15) is 4.79 Å². The van der Waals surface area contributed by atoms with Crippen molar-refractivity contribution >= 4 is 41.4 Å². The number of aromatic amines is 1. The van der Waals surface area contributed by atoms with Gasteiger partial charge in [0.2, 0.25) is 0 Å². The van der Waals surface area contributed by atoms with Gasteiger partial charge in [0.15, 0.2) is 0 Å². The van der Waals surface area contributed by atoms with Crippen LogP contribution in [-0.4, -0.2) is 30.0 Å². The van der Waals surface area contributed by atoms with E-state index in [1.54, 1.807) is 0 Å². The molecule has 2 N–H and O–H groups in total. The Bertz CT molecular complexity index is 715. The monoisotopic (exact) mass is 357 g/mol. The molecule has 1 aliphatic heterocycles. The van der Waals surface area contributed by atoms with Gasteiger partial charge in [-0.3, -0.25) is 4.79 Å². The Kier molecular flexibility index (Phi) is 7.39. The van der Waals surface area contributed by atoms with Gasteiger partial charge < -0.3 is 15.2 Å². The Morgan fingerprint density at radius 3 is 2.78 bits per heavy atom. The van der Waals surface area contributed by atoms with Crippen molar-refractivity contribution in [2.75, 3.05) is 25.5 Å². The Labute approximate surface area is 149 Å². The lowest BCUT2D eigenvalue weighted by atomic mass is 10.0.